The van der Waals surface area contributed by atoms with E-state index >= 15 is 0 Å². The van der Waals surface area contributed by atoms with E-state index in [9.17, 15) is 0 Å². The molecule has 0 saturated carbocycles. The van der Waals surface area contributed by atoms with Gasteiger partial charge in [0, 0.05) is 16.3 Å². The first kappa shape index (κ1) is 17.7. The van der Waals surface area contributed by atoms with Gasteiger partial charge in [-0.05, 0) is 99.5 Å². The maximum Gasteiger partial charge on any atom is 0.0285 e. The first-order valence-corrected chi connectivity index (χ1v) is 11.7. The summed E-state index contributed by atoms with van der Waals surface area (Å²) in [5.74, 6) is 0.995. The lowest BCUT2D eigenvalue weighted by Crippen LogP contribution is -2.09. The number of aryl methyl sites for hydroxylation is 1. The van der Waals surface area contributed by atoms with Gasteiger partial charge >= 0.3 is 0 Å². The molecule has 0 bridgehead atoms. The third-order valence-corrected chi connectivity index (χ3v) is 8.29. The lowest BCUT2D eigenvalue weighted by molar-refractivity contribution is 0.645. The van der Waals surface area contributed by atoms with Crippen LogP contribution in [-0.4, -0.2) is 0 Å². The Morgan fingerprint density at radius 3 is 2.21 bits per heavy atom. The highest BCUT2D eigenvalue weighted by atomic mass is 79.9. The Morgan fingerprint density at radius 2 is 1.48 bits per heavy atom. The van der Waals surface area contributed by atoms with Gasteiger partial charge in [-0.2, -0.15) is 0 Å². The predicted octanol–water partition coefficient (Wildman–Crippen LogP) is 8.03. The van der Waals surface area contributed by atoms with Crippen LogP contribution in [0.2, 0.25) is 0 Å². The van der Waals surface area contributed by atoms with E-state index in [4.69, 9.17) is 0 Å². The van der Waals surface area contributed by atoms with E-state index in [0.717, 1.165) is 6.42 Å². The maximum atomic E-state index is 3.99. The second kappa shape index (κ2) is 6.71. The Morgan fingerprint density at radius 1 is 0.828 bits per heavy atom. The molecule has 6 rings (SSSR count). The number of fused-ring (bicyclic) bond motifs is 5. The van der Waals surface area contributed by atoms with Crippen LogP contribution in [0.3, 0.4) is 0 Å². The Labute approximate surface area is 181 Å². The normalized spacial score (nSPS) is 19.4. The number of allylic oxidation sites excluding steroid dienone is 1. The highest BCUT2D eigenvalue weighted by molar-refractivity contribution is 9.10. The molecule has 144 valence electrons. The molecule has 0 fully saturated rings. The fraction of sp³-hybridized carbons (Fsp3) is 0.286. The second-order valence-electron chi connectivity index (χ2n) is 8.94. The van der Waals surface area contributed by atoms with Crippen molar-refractivity contribution in [2.45, 2.75) is 50.9 Å². The molecular weight excluding hydrogens is 416 g/mol. The Hall–Kier alpha value is -2.12. The van der Waals surface area contributed by atoms with Crippen LogP contribution in [0, 0.1) is 0 Å². The topological polar surface area (TPSA) is 0 Å². The summed E-state index contributed by atoms with van der Waals surface area (Å²) in [4.78, 5) is 0. The molecule has 0 radical (unpaired) electrons. The van der Waals surface area contributed by atoms with Crippen LogP contribution in [0.25, 0.3) is 17.2 Å². The largest absolute Gasteiger partial charge is 0.0651 e. The number of hydrogen-bond donors (Lipinski definition) is 0. The van der Waals surface area contributed by atoms with Crippen LogP contribution in [0.5, 0.6) is 0 Å². The fourth-order valence-corrected chi connectivity index (χ4v) is 6.76. The van der Waals surface area contributed by atoms with Gasteiger partial charge in [0.1, 0.15) is 0 Å². The molecule has 0 heterocycles. The molecule has 0 spiro atoms. The van der Waals surface area contributed by atoms with Crippen molar-refractivity contribution in [2.24, 2.45) is 0 Å². The minimum Gasteiger partial charge on any atom is -0.0651 e. The van der Waals surface area contributed by atoms with Gasteiger partial charge in [-0.1, -0.05) is 66.2 Å². The van der Waals surface area contributed by atoms with Gasteiger partial charge in [0.15, 0.2) is 0 Å². The summed E-state index contributed by atoms with van der Waals surface area (Å²) in [6, 6.07) is 20.6. The van der Waals surface area contributed by atoms with Crippen LogP contribution in [0.4, 0.5) is 0 Å². The van der Waals surface area contributed by atoms with Gasteiger partial charge in [0.25, 0.3) is 0 Å². The van der Waals surface area contributed by atoms with Crippen LogP contribution in [0.1, 0.15) is 71.4 Å². The van der Waals surface area contributed by atoms with E-state index in [-0.39, 0.29) is 0 Å². The van der Waals surface area contributed by atoms with Gasteiger partial charge in [-0.15, -0.1) is 0 Å². The molecule has 1 heteroatoms. The molecular formula is C28H25Br. The minimum absolute atomic E-state index is 0.483. The van der Waals surface area contributed by atoms with E-state index in [1.54, 1.807) is 16.7 Å². The Kier molecular flexibility index (Phi) is 4.10. The molecule has 0 nitrogen and oxygen atoms in total. The van der Waals surface area contributed by atoms with Crippen molar-refractivity contribution in [2.75, 3.05) is 0 Å². The molecule has 0 aromatic heterocycles. The second-order valence-corrected chi connectivity index (χ2v) is 9.73. The van der Waals surface area contributed by atoms with Gasteiger partial charge in [0.2, 0.25) is 0 Å². The van der Waals surface area contributed by atoms with Crippen molar-refractivity contribution in [3.63, 3.8) is 0 Å². The third kappa shape index (κ3) is 2.63. The molecule has 0 saturated heterocycles. The SMILES string of the molecule is CC1=Cc2c(cc3c(c2Br)CCCC3)C1CC1c2ccccc2-c2ccccc21. The zero-order chi connectivity index (χ0) is 19.5. The monoisotopic (exact) mass is 440 g/mol. The minimum atomic E-state index is 0.483. The van der Waals surface area contributed by atoms with Gasteiger partial charge in [-0.25, -0.2) is 0 Å². The Bertz CT molecular complexity index is 1120. The molecule has 1 atom stereocenters. The lowest BCUT2D eigenvalue weighted by Gasteiger charge is -2.24. The molecule has 3 aromatic carbocycles. The van der Waals surface area contributed by atoms with E-state index in [1.807, 2.05) is 0 Å². The van der Waals surface area contributed by atoms with Crippen LogP contribution < -0.4 is 0 Å². The average Bonchev–Trinajstić information content (AvgIpc) is 3.24. The molecule has 29 heavy (non-hydrogen) atoms. The predicted molar refractivity (Wildman–Crippen MR) is 126 cm³/mol. The van der Waals surface area contributed by atoms with E-state index in [0.29, 0.717) is 11.8 Å². The highest BCUT2D eigenvalue weighted by Crippen LogP contribution is 2.52. The summed E-state index contributed by atoms with van der Waals surface area (Å²) in [6.07, 6.45) is 8.73. The first-order chi connectivity index (χ1) is 14.2. The number of rotatable bonds is 2. The van der Waals surface area contributed by atoms with E-state index in [2.05, 4.69) is 83.5 Å². The summed E-state index contributed by atoms with van der Waals surface area (Å²) in [5, 5.41) is 0. The van der Waals surface area contributed by atoms with Crippen LogP contribution in [-0.2, 0) is 12.8 Å². The summed E-state index contributed by atoms with van der Waals surface area (Å²) < 4.78 is 1.37. The molecule has 0 amide bonds. The zero-order valence-electron chi connectivity index (χ0n) is 16.8. The van der Waals surface area contributed by atoms with Crippen LogP contribution >= 0.6 is 15.9 Å². The summed E-state index contributed by atoms with van der Waals surface area (Å²) in [7, 11) is 0. The smallest absolute Gasteiger partial charge is 0.0285 e. The van der Waals surface area contributed by atoms with Gasteiger partial charge in [-0.3, -0.25) is 0 Å². The molecule has 0 aliphatic heterocycles. The van der Waals surface area contributed by atoms with Crippen molar-refractivity contribution >= 4 is 22.0 Å². The fourth-order valence-electron chi connectivity index (χ4n) is 5.96. The average molecular weight is 441 g/mol. The number of halogens is 1. The standard InChI is InChI=1S/C28H25Br/c1-17-14-27-25(15-18-8-2-3-9-19(18)28(27)29)24(17)16-26-22-12-6-4-10-20(22)21-11-5-7-13-23(21)26/h4-7,10-15,24,26H,2-3,8-9,16H2,1H3. The van der Waals surface area contributed by atoms with Crippen molar-refractivity contribution in [1.82, 2.24) is 0 Å². The summed E-state index contributed by atoms with van der Waals surface area (Å²) in [6.45, 7) is 2.34. The summed E-state index contributed by atoms with van der Waals surface area (Å²) >= 11 is 3.99. The van der Waals surface area contributed by atoms with E-state index in [1.165, 1.54) is 63.5 Å². The van der Waals surface area contributed by atoms with Gasteiger partial charge < -0.3 is 0 Å². The van der Waals surface area contributed by atoms with Crippen molar-refractivity contribution < 1.29 is 0 Å². The highest BCUT2D eigenvalue weighted by Gasteiger charge is 2.34. The lowest BCUT2D eigenvalue weighted by atomic mass is 9.80. The number of benzene rings is 3. The number of hydrogen-bond acceptors (Lipinski definition) is 0. The van der Waals surface area contributed by atoms with Gasteiger partial charge in [0.05, 0.1) is 0 Å². The molecule has 0 N–H and O–H groups in total. The van der Waals surface area contributed by atoms with Crippen LogP contribution in [0.15, 0.2) is 64.6 Å². The molecule has 1 unspecified atom stereocenters. The summed E-state index contributed by atoms with van der Waals surface area (Å²) in [5.41, 5.74) is 13.5. The first-order valence-electron chi connectivity index (χ1n) is 10.9. The van der Waals surface area contributed by atoms with Crippen molar-refractivity contribution in [1.29, 1.82) is 0 Å². The third-order valence-electron chi connectivity index (χ3n) is 7.38. The van der Waals surface area contributed by atoms with Crippen molar-refractivity contribution in [3.8, 4) is 11.1 Å². The molecule has 3 aromatic rings. The molecule has 3 aliphatic rings. The van der Waals surface area contributed by atoms with E-state index < -0.39 is 0 Å². The molecule has 3 aliphatic carbocycles. The maximum absolute atomic E-state index is 3.99. The zero-order valence-corrected chi connectivity index (χ0v) is 18.4. The quantitative estimate of drug-likeness (QED) is 0.378. The Balaban J connectivity index is 1.45. The van der Waals surface area contributed by atoms with Crippen molar-refractivity contribution in [3.05, 3.63) is 98.0 Å².